The van der Waals surface area contributed by atoms with Gasteiger partial charge in [-0.25, -0.2) is 4.79 Å². The predicted molar refractivity (Wildman–Crippen MR) is 122 cm³/mol. The Bertz CT molecular complexity index is 1120. The fourth-order valence-electron chi connectivity index (χ4n) is 3.00. The van der Waals surface area contributed by atoms with Crippen LogP contribution in [0.1, 0.15) is 0 Å². The molecule has 0 saturated carbocycles. The first-order chi connectivity index (χ1) is 15.6. The average molecular weight is 497 g/mol. The Morgan fingerprint density at radius 3 is 2.27 bits per heavy atom. The summed E-state index contributed by atoms with van der Waals surface area (Å²) in [6.07, 6.45) is 0. The standard InChI is InChI=1S/C20H21ClN4O7S/c21-13-1-3-15(4-2-13)23-20(28)24-17(12-33(29,30)31)19(27)22-14-5-7-16(8-6-14)25-9-10-32-11-18(25)26/h1-8,17H,9-12H2,(H,22,27)(H2,23,24,28)(H,29,30,31). The van der Waals surface area contributed by atoms with E-state index in [9.17, 15) is 27.4 Å². The molecule has 1 heterocycles. The summed E-state index contributed by atoms with van der Waals surface area (Å²) in [5.41, 5.74) is 1.26. The molecule has 0 aromatic heterocycles. The normalized spacial score (nSPS) is 15.0. The lowest BCUT2D eigenvalue weighted by atomic mass is 10.2. The molecule has 11 nitrogen and oxygen atoms in total. The first-order valence-corrected chi connectivity index (χ1v) is 11.7. The molecular weight excluding hydrogens is 476 g/mol. The van der Waals surface area contributed by atoms with Crippen LogP contribution in [0.25, 0.3) is 0 Å². The lowest BCUT2D eigenvalue weighted by Crippen LogP contribution is -2.49. The Morgan fingerprint density at radius 2 is 1.67 bits per heavy atom. The first-order valence-electron chi connectivity index (χ1n) is 9.68. The van der Waals surface area contributed by atoms with Crippen molar-refractivity contribution < 1.29 is 32.1 Å². The Kier molecular flexibility index (Phi) is 7.87. The second-order valence-corrected chi connectivity index (χ2v) is 8.97. The minimum atomic E-state index is -4.59. The van der Waals surface area contributed by atoms with Gasteiger partial charge in [0.05, 0.1) is 6.61 Å². The number of amides is 4. The van der Waals surface area contributed by atoms with Gasteiger partial charge in [-0.3, -0.25) is 14.1 Å². The predicted octanol–water partition coefficient (Wildman–Crippen LogP) is 1.72. The fourth-order valence-corrected chi connectivity index (χ4v) is 3.78. The molecule has 1 atom stereocenters. The molecular formula is C20H21ClN4O7S. The van der Waals surface area contributed by atoms with Gasteiger partial charge in [0.2, 0.25) is 5.91 Å². The highest BCUT2D eigenvalue weighted by Crippen LogP contribution is 2.20. The fraction of sp³-hybridized carbons (Fsp3) is 0.250. The number of nitrogens with one attached hydrogen (secondary N) is 3. The lowest BCUT2D eigenvalue weighted by molar-refractivity contribution is -0.125. The van der Waals surface area contributed by atoms with E-state index < -0.39 is 33.9 Å². The summed E-state index contributed by atoms with van der Waals surface area (Å²) in [5.74, 6) is -2.09. The van der Waals surface area contributed by atoms with Crippen molar-refractivity contribution in [1.29, 1.82) is 0 Å². The molecule has 4 amide bonds. The van der Waals surface area contributed by atoms with Gasteiger partial charge in [-0.15, -0.1) is 0 Å². The molecule has 176 valence electrons. The number of halogens is 1. The third-order valence-corrected chi connectivity index (χ3v) is 5.54. The first kappa shape index (κ1) is 24.5. The number of anilines is 3. The maximum absolute atomic E-state index is 12.6. The quantitative estimate of drug-likeness (QED) is 0.425. The largest absolute Gasteiger partial charge is 0.370 e. The highest BCUT2D eigenvalue weighted by atomic mass is 35.5. The molecule has 33 heavy (non-hydrogen) atoms. The van der Waals surface area contributed by atoms with Gasteiger partial charge in [-0.05, 0) is 48.5 Å². The van der Waals surface area contributed by atoms with Gasteiger partial charge in [0, 0.05) is 28.6 Å². The Morgan fingerprint density at radius 1 is 1.06 bits per heavy atom. The third kappa shape index (κ3) is 7.43. The molecule has 0 radical (unpaired) electrons. The van der Waals surface area contributed by atoms with Crippen LogP contribution >= 0.6 is 11.6 Å². The lowest BCUT2D eigenvalue weighted by Gasteiger charge is -2.27. The summed E-state index contributed by atoms with van der Waals surface area (Å²) in [5, 5.41) is 7.60. The van der Waals surface area contributed by atoms with E-state index in [2.05, 4.69) is 16.0 Å². The number of hydrogen-bond acceptors (Lipinski definition) is 6. The van der Waals surface area contributed by atoms with E-state index in [1.54, 1.807) is 17.0 Å². The summed E-state index contributed by atoms with van der Waals surface area (Å²) in [6.45, 7) is 0.790. The number of ether oxygens (including phenoxy) is 1. The van der Waals surface area contributed by atoms with Crippen LogP contribution < -0.4 is 20.9 Å². The molecule has 1 fully saturated rings. The molecule has 0 spiro atoms. The van der Waals surface area contributed by atoms with Gasteiger partial charge in [-0.1, -0.05) is 11.6 Å². The molecule has 3 rings (SSSR count). The topological polar surface area (TPSA) is 154 Å². The van der Waals surface area contributed by atoms with E-state index in [-0.39, 0.29) is 12.5 Å². The highest BCUT2D eigenvalue weighted by Gasteiger charge is 2.27. The van der Waals surface area contributed by atoms with Crippen molar-refractivity contribution >= 4 is 56.6 Å². The van der Waals surface area contributed by atoms with Crippen LogP contribution in [-0.4, -0.2) is 62.4 Å². The van der Waals surface area contributed by atoms with Gasteiger partial charge >= 0.3 is 6.03 Å². The number of urea groups is 1. The maximum Gasteiger partial charge on any atom is 0.319 e. The van der Waals surface area contributed by atoms with Crippen molar-refractivity contribution in [3.05, 3.63) is 53.6 Å². The zero-order valence-corrected chi connectivity index (χ0v) is 18.7. The molecule has 1 aliphatic heterocycles. The molecule has 1 unspecified atom stereocenters. The average Bonchev–Trinajstić information content (AvgIpc) is 2.75. The van der Waals surface area contributed by atoms with Crippen LogP contribution in [0, 0.1) is 0 Å². The monoisotopic (exact) mass is 496 g/mol. The third-order valence-electron chi connectivity index (χ3n) is 4.53. The summed E-state index contributed by atoms with van der Waals surface area (Å²) in [6, 6.07) is 9.91. The Balaban J connectivity index is 1.66. The zero-order chi connectivity index (χ0) is 24.0. The number of carbonyl (C=O) groups excluding carboxylic acids is 3. The summed E-state index contributed by atoms with van der Waals surface area (Å²) in [4.78, 5) is 38.3. The second-order valence-electron chi connectivity index (χ2n) is 7.04. The Hall–Kier alpha value is -3.19. The van der Waals surface area contributed by atoms with Gasteiger partial charge in [0.15, 0.2) is 0 Å². The molecule has 4 N–H and O–H groups in total. The van der Waals surface area contributed by atoms with E-state index in [1.165, 1.54) is 36.4 Å². The second kappa shape index (κ2) is 10.6. The van der Waals surface area contributed by atoms with E-state index in [0.29, 0.717) is 35.2 Å². The van der Waals surface area contributed by atoms with Crippen molar-refractivity contribution in [1.82, 2.24) is 5.32 Å². The number of nitrogens with zero attached hydrogens (tertiary/aromatic N) is 1. The molecule has 2 aromatic carbocycles. The molecule has 13 heteroatoms. The van der Waals surface area contributed by atoms with Gasteiger partial charge in [-0.2, -0.15) is 8.42 Å². The number of carbonyl (C=O) groups is 3. The molecule has 1 aliphatic rings. The molecule has 1 saturated heterocycles. The molecule has 0 aliphatic carbocycles. The van der Waals surface area contributed by atoms with E-state index in [1.807, 2.05) is 0 Å². The van der Waals surface area contributed by atoms with Crippen molar-refractivity contribution in [2.24, 2.45) is 0 Å². The van der Waals surface area contributed by atoms with Crippen LogP contribution in [0.5, 0.6) is 0 Å². The summed E-state index contributed by atoms with van der Waals surface area (Å²) < 4.78 is 37.0. The highest BCUT2D eigenvalue weighted by molar-refractivity contribution is 7.85. The minimum Gasteiger partial charge on any atom is -0.370 e. The van der Waals surface area contributed by atoms with Crippen LogP contribution in [-0.2, 0) is 24.4 Å². The van der Waals surface area contributed by atoms with Gasteiger partial charge in [0.1, 0.15) is 18.4 Å². The van der Waals surface area contributed by atoms with Crippen LogP contribution in [0.3, 0.4) is 0 Å². The maximum atomic E-state index is 12.6. The van der Waals surface area contributed by atoms with Gasteiger partial charge < -0.3 is 25.6 Å². The number of morpholine rings is 1. The number of hydrogen-bond donors (Lipinski definition) is 4. The van der Waals surface area contributed by atoms with Crippen molar-refractivity contribution in [2.75, 3.05) is 41.0 Å². The Labute approximate surface area is 194 Å². The van der Waals surface area contributed by atoms with Gasteiger partial charge in [0.25, 0.3) is 16.0 Å². The van der Waals surface area contributed by atoms with Crippen LogP contribution in [0.4, 0.5) is 21.9 Å². The van der Waals surface area contributed by atoms with E-state index >= 15 is 0 Å². The zero-order valence-electron chi connectivity index (χ0n) is 17.2. The summed E-state index contributed by atoms with van der Waals surface area (Å²) in [7, 11) is -4.59. The SMILES string of the molecule is O=C(Nc1ccc(Cl)cc1)NC(CS(=O)(=O)O)C(=O)Nc1ccc(N2CCOCC2=O)cc1. The minimum absolute atomic E-state index is 0.0143. The molecule has 2 aromatic rings. The van der Waals surface area contributed by atoms with Crippen molar-refractivity contribution in [3.63, 3.8) is 0 Å². The summed E-state index contributed by atoms with van der Waals surface area (Å²) >= 11 is 5.78. The number of benzene rings is 2. The van der Waals surface area contributed by atoms with E-state index in [4.69, 9.17) is 16.3 Å². The number of rotatable bonds is 7. The van der Waals surface area contributed by atoms with Crippen molar-refractivity contribution in [2.45, 2.75) is 6.04 Å². The van der Waals surface area contributed by atoms with Crippen LogP contribution in [0.2, 0.25) is 5.02 Å². The smallest absolute Gasteiger partial charge is 0.319 e. The van der Waals surface area contributed by atoms with Crippen molar-refractivity contribution in [3.8, 4) is 0 Å². The molecule has 0 bridgehead atoms. The van der Waals surface area contributed by atoms with E-state index in [0.717, 1.165) is 0 Å². The van der Waals surface area contributed by atoms with Crippen LogP contribution in [0.15, 0.2) is 48.5 Å².